The molecule has 4 aromatic rings. The van der Waals surface area contributed by atoms with Crippen molar-refractivity contribution in [3.05, 3.63) is 76.9 Å². The number of phenolic OH excluding ortho intramolecular Hbond substituents is 1. The van der Waals surface area contributed by atoms with E-state index in [0.29, 0.717) is 11.3 Å². The Kier molecular flexibility index (Phi) is 7.48. The van der Waals surface area contributed by atoms with Crippen molar-refractivity contribution in [1.82, 2.24) is 15.2 Å². The van der Waals surface area contributed by atoms with Gasteiger partial charge in [-0.25, -0.2) is 0 Å². The third-order valence-corrected chi connectivity index (χ3v) is 7.06. The van der Waals surface area contributed by atoms with Crippen molar-refractivity contribution >= 4 is 33.9 Å². The lowest BCUT2D eigenvalue weighted by Gasteiger charge is -2.27. The number of benzene rings is 3. The van der Waals surface area contributed by atoms with E-state index in [1.165, 1.54) is 12.7 Å². The van der Waals surface area contributed by atoms with Crippen LogP contribution in [0.3, 0.4) is 0 Å². The van der Waals surface area contributed by atoms with Crippen LogP contribution in [0.25, 0.3) is 22.0 Å². The van der Waals surface area contributed by atoms with Crippen LogP contribution in [0, 0.1) is 0 Å². The standard InChI is InChI=1S/C29H31ClN4O3/c1-18(35)24-16-32-26-8-5-20(21-14-25(30)29(36)27(15-21)37-2)13-23(26)28(24)33-22-6-3-19(4-7-22)17-34-11-9-31-10-12-34/h3-8,13-16,18,31,35-36H,9-12,17H2,1-2H3,(H,32,33). The lowest BCUT2D eigenvalue weighted by molar-refractivity contribution is 0.200. The summed E-state index contributed by atoms with van der Waals surface area (Å²) in [4.78, 5) is 7.03. The van der Waals surface area contributed by atoms with Gasteiger partial charge in [0.05, 0.1) is 29.4 Å². The Morgan fingerprint density at radius 2 is 1.84 bits per heavy atom. The smallest absolute Gasteiger partial charge is 0.176 e. The van der Waals surface area contributed by atoms with Crippen molar-refractivity contribution in [3.8, 4) is 22.6 Å². The van der Waals surface area contributed by atoms with E-state index in [1.54, 1.807) is 25.3 Å². The molecule has 0 spiro atoms. The van der Waals surface area contributed by atoms with Crippen molar-refractivity contribution < 1.29 is 14.9 Å². The molecule has 37 heavy (non-hydrogen) atoms. The van der Waals surface area contributed by atoms with E-state index in [2.05, 4.69) is 44.8 Å². The molecule has 2 heterocycles. The number of phenols is 1. The van der Waals surface area contributed by atoms with E-state index in [4.69, 9.17) is 16.3 Å². The largest absolute Gasteiger partial charge is 0.503 e. The van der Waals surface area contributed by atoms with E-state index < -0.39 is 6.10 Å². The maximum Gasteiger partial charge on any atom is 0.176 e. The highest BCUT2D eigenvalue weighted by atomic mass is 35.5. The number of ether oxygens (including phenoxy) is 1. The quantitative estimate of drug-likeness (QED) is 0.258. The third-order valence-electron chi connectivity index (χ3n) is 6.77. The lowest BCUT2D eigenvalue weighted by atomic mass is 9.99. The van der Waals surface area contributed by atoms with Crippen LogP contribution in [0.4, 0.5) is 11.4 Å². The SMILES string of the molecule is COc1cc(-c2ccc3ncc(C(C)O)c(Nc4ccc(CN5CCNCC5)cc4)c3c2)cc(Cl)c1O. The fourth-order valence-corrected chi connectivity index (χ4v) is 4.92. The molecule has 0 amide bonds. The molecule has 5 rings (SSSR count). The van der Waals surface area contributed by atoms with Crippen LogP contribution in [-0.4, -0.2) is 53.4 Å². The molecular formula is C29H31ClN4O3. The first-order valence-electron chi connectivity index (χ1n) is 12.4. The Balaban J connectivity index is 1.50. The zero-order valence-electron chi connectivity index (χ0n) is 21.0. The highest BCUT2D eigenvalue weighted by molar-refractivity contribution is 6.32. The van der Waals surface area contributed by atoms with E-state index in [1.807, 2.05) is 18.2 Å². The zero-order valence-corrected chi connectivity index (χ0v) is 21.7. The Hall–Kier alpha value is -3.36. The molecule has 1 aliphatic rings. The second-order valence-electron chi connectivity index (χ2n) is 9.35. The highest BCUT2D eigenvalue weighted by Crippen LogP contribution is 2.40. The number of aromatic nitrogens is 1. The number of nitrogens with zero attached hydrogens (tertiary/aromatic N) is 2. The number of rotatable bonds is 7. The van der Waals surface area contributed by atoms with Gasteiger partial charge >= 0.3 is 0 Å². The number of halogens is 1. The predicted octanol–water partition coefficient (Wildman–Crippen LogP) is 5.47. The average Bonchev–Trinajstić information content (AvgIpc) is 2.91. The first-order valence-corrected chi connectivity index (χ1v) is 12.8. The summed E-state index contributed by atoms with van der Waals surface area (Å²) in [5.41, 5.74) is 6.17. The molecule has 8 heteroatoms. The van der Waals surface area contributed by atoms with E-state index in [9.17, 15) is 10.2 Å². The Labute approximate surface area is 221 Å². The second kappa shape index (κ2) is 10.9. The van der Waals surface area contributed by atoms with Gasteiger partial charge < -0.3 is 25.6 Å². The summed E-state index contributed by atoms with van der Waals surface area (Å²) >= 11 is 6.25. The summed E-state index contributed by atoms with van der Waals surface area (Å²) in [6.45, 7) is 6.84. The number of piperazine rings is 1. The lowest BCUT2D eigenvalue weighted by Crippen LogP contribution is -2.42. The van der Waals surface area contributed by atoms with Crippen LogP contribution in [0.15, 0.2) is 60.8 Å². The minimum atomic E-state index is -0.710. The molecule has 0 bridgehead atoms. The molecule has 0 saturated carbocycles. The zero-order chi connectivity index (χ0) is 25.9. The number of aliphatic hydroxyl groups is 1. The fraction of sp³-hybridized carbons (Fsp3) is 0.276. The van der Waals surface area contributed by atoms with Crippen molar-refractivity contribution in [2.45, 2.75) is 19.6 Å². The Morgan fingerprint density at radius 3 is 2.54 bits per heavy atom. The van der Waals surface area contributed by atoms with Gasteiger partial charge in [-0.15, -0.1) is 0 Å². The van der Waals surface area contributed by atoms with Gasteiger partial charge in [0.1, 0.15) is 0 Å². The molecule has 1 aliphatic heterocycles. The van der Waals surface area contributed by atoms with Crippen LogP contribution in [-0.2, 0) is 6.54 Å². The van der Waals surface area contributed by atoms with Gasteiger partial charge in [0.25, 0.3) is 0 Å². The van der Waals surface area contributed by atoms with Crippen molar-refractivity contribution in [3.63, 3.8) is 0 Å². The van der Waals surface area contributed by atoms with Crippen LogP contribution in [0.1, 0.15) is 24.2 Å². The number of fused-ring (bicyclic) bond motifs is 1. The molecule has 7 nitrogen and oxygen atoms in total. The number of hydrogen-bond acceptors (Lipinski definition) is 7. The number of aromatic hydroxyl groups is 1. The van der Waals surface area contributed by atoms with Crippen LogP contribution in [0.2, 0.25) is 5.02 Å². The van der Waals surface area contributed by atoms with Gasteiger partial charge in [0, 0.05) is 55.6 Å². The average molecular weight is 519 g/mol. The number of methoxy groups -OCH3 is 1. The van der Waals surface area contributed by atoms with Gasteiger partial charge in [-0.1, -0.05) is 29.8 Å². The van der Waals surface area contributed by atoms with Crippen LogP contribution in [0.5, 0.6) is 11.5 Å². The van der Waals surface area contributed by atoms with Crippen molar-refractivity contribution in [2.24, 2.45) is 0 Å². The van der Waals surface area contributed by atoms with Crippen LogP contribution < -0.4 is 15.4 Å². The number of aliphatic hydroxyl groups excluding tert-OH is 1. The van der Waals surface area contributed by atoms with Crippen molar-refractivity contribution in [2.75, 3.05) is 38.6 Å². The van der Waals surface area contributed by atoms with Gasteiger partial charge in [-0.3, -0.25) is 9.88 Å². The maximum atomic E-state index is 10.5. The Morgan fingerprint density at radius 1 is 1.08 bits per heavy atom. The maximum absolute atomic E-state index is 10.5. The number of anilines is 2. The van der Waals surface area contributed by atoms with E-state index in [0.717, 1.165) is 66.1 Å². The number of pyridine rings is 1. The molecule has 1 unspecified atom stereocenters. The summed E-state index contributed by atoms with van der Waals surface area (Å²) in [7, 11) is 1.49. The highest BCUT2D eigenvalue weighted by Gasteiger charge is 2.16. The molecular weight excluding hydrogens is 488 g/mol. The molecule has 1 fully saturated rings. The fourth-order valence-electron chi connectivity index (χ4n) is 4.71. The minimum absolute atomic E-state index is 0.0884. The van der Waals surface area contributed by atoms with Crippen LogP contribution >= 0.6 is 11.6 Å². The second-order valence-corrected chi connectivity index (χ2v) is 9.76. The first-order chi connectivity index (χ1) is 17.9. The molecule has 0 radical (unpaired) electrons. The summed E-state index contributed by atoms with van der Waals surface area (Å²) in [5, 5.41) is 28.7. The number of hydrogen-bond donors (Lipinski definition) is 4. The summed E-state index contributed by atoms with van der Waals surface area (Å²) in [6, 6.07) is 17.8. The Bertz CT molecular complexity index is 1400. The first kappa shape index (κ1) is 25.3. The normalized spacial score (nSPS) is 15.0. The molecule has 1 atom stereocenters. The third kappa shape index (κ3) is 5.50. The molecule has 1 aromatic heterocycles. The topological polar surface area (TPSA) is 89.9 Å². The van der Waals surface area contributed by atoms with Crippen molar-refractivity contribution in [1.29, 1.82) is 0 Å². The van der Waals surface area contributed by atoms with E-state index in [-0.39, 0.29) is 10.8 Å². The van der Waals surface area contributed by atoms with Gasteiger partial charge in [0.15, 0.2) is 11.5 Å². The van der Waals surface area contributed by atoms with Gasteiger partial charge in [0.2, 0.25) is 0 Å². The predicted molar refractivity (Wildman–Crippen MR) is 149 cm³/mol. The summed E-state index contributed by atoms with van der Waals surface area (Å²) < 4.78 is 5.29. The monoisotopic (exact) mass is 518 g/mol. The molecule has 0 aliphatic carbocycles. The number of nitrogens with one attached hydrogen (secondary N) is 2. The van der Waals surface area contributed by atoms with Gasteiger partial charge in [-0.05, 0) is 60.0 Å². The minimum Gasteiger partial charge on any atom is -0.503 e. The molecule has 192 valence electrons. The molecule has 3 aromatic carbocycles. The van der Waals surface area contributed by atoms with E-state index >= 15 is 0 Å². The summed E-state index contributed by atoms with van der Waals surface area (Å²) in [6.07, 6.45) is 1.01. The summed E-state index contributed by atoms with van der Waals surface area (Å²) in [5.74, 6) is 0.215. The van der Waals surface area contributed by atoms with Gasteiger partial charge in [-0.2, -0.15) is 0 Å². The molecule has 1 saturated heterocycles. The molecule has 4 N–H and O–H groups in total.